The van der Waals surface area contributed by atoms with E-state index < -0.39 is 12.1 Å². The van der Waals surface area contributed by atoms with Gasteiger partial charge in [0.25, 0.3) is 0 Å². The van der Waals surface area contributed by atoms with E-state index in [1.165, 1.54) is 18.7 Å². The van der Waals surface area contributed by atoms with Crippen molar-refractivity contribution in [2.45, 2.75) is 38.4 Å². The molecular weight excluding hydrogens is 268 g/mol. The number of methoxy groups -OCH3 is 1. The number of esters is 1. The van der Waals surface area contributed by atoms with Gasteiger partial charge in [-0.1, -0.05) is 36.4 Å². The van der Waals surface area contributed by atoms with E-state index >= 15 is 0 Å². The van der Waals surface area contributed by atoms with Crippen LogP contribution in [0.25, 0.3) is 0 Å². The van der Waals surface area contributed by atoms with E-state index in [1.54, 1.807) is 6.08 Å². The van der Waals surface area contributed by atoms with Gasteiger partial charge in [0.15, 0.2) is 0 Å². The summed E-state index contributed by atoms with van der Waals surface area (Å²) in [7, 11) is 1.33. The van der Waals surface area contributed by atoms with Crippen LogP contribution < -0.4 is 0 Å². The maximum absolute atomic E-state index is 10.8. The quantitative estimate of drug-likeness (QED) is 0.409. The Bertz CT molecular complexity index is 414. The Balaban J connectivity index is 1.98. The number of benzene rings is 1. The molecule has 21 heavy (non-hydrogen) atoms. The molecule has 4 heteroatoms. The monoisotopic (exact) mass is 292 g/mol. The van der Waals surface area contributed by atoms with Gasteiger partial charge in [0.2, 0.25) is 0 Å². The largest absolute Gasteiger partial charge is 0.466 e. The molecule has 0 saturated heterocycles. The third-order valence-corrected chi connectivity index (χ3v) is 3.05. The number of hydrogen-bond donors (Lipinski definition) is 1. The summed E-state index contributed by atoms with van der Waals surface area (Å²) in [4.78, 5) is 10.8. The number of unbranched alkanes of at least 4 members (excludes halogenated alkanes) is 1. The second-order valence-electron chi connectivity index (χ2n) is 4.85. The Kier molecular flexibility index (Phi) is 9.16. The molecule has 0 aliphatic rings. The van der Waals surface area contributed by atoms with Crippen molar-refractivity contribution in [3.05, 3.63) is 48.0 Å². The fourth-order valence-corrected chi connectivity index (χ4v) is 1.86. The van der Waals surface area contributed by atoms with E-state index in [-0.39, 0.29) is 0 Å². The first-order valence-corrected chi connectivity index (χ1v) is 7.26. The Morgan fingerprint density at radius 3 is 2.76 bits per heavy atom. The van der Waals surface area contributed by atoms with Gasteiger partial charge >= 0.3 is 5.97 Å². The Labute approximate surface area is 126 Å². The summed E-state index contributed by atoms with van der Waals surface area (Å²) < 4.78 is 10.0. The number of aliphatic hydroxyl groups is 1. The highest BCUT2D eigenvalue weighted by Crippen LogP contribution is 2.07. The standard InChI is InChI=1S/C17H24O4/c1-20-17(19)12-7-11-16(18)10-5-6-13-21-14-15-8-3-2-4-9-15/h2-4,7-9,12,16,18H,5-6,10-11,13-14H2,1H3/b12-7+. The predicted octanol–water partition coefficient (Wildman–Crippen LogP) is 2.85. The third kappa shape index (κ3) is 9.00. The van der Waals surface area contributed by atoms with Gasteiger partial charge in [-0.2, -0.15) is 0 Å². The number of ether oxygens (including phenoxy) is 2. The summed E-state index contributed by atoms with van der Waals surface area (Å²) in [6.45, 7) is 1.32. The smallest absolute Gasteiger partial charge is 0.330 e. The molecule has 0 fully saturated rings. The maximum atomic E-state index is 10.8. The predicted molar refractivity (Wildman–Crippen MR) is 81.7 cm³/mol. The molecule has 0 bridgehead atoms. The molecule has 0 heterocycles. The highest BCUT2D eigenvalue weighted by Gasteiger charge is 2.02. The molecule has 0 aliphatic heterocycles. The van der Waals surface area contributed by atoms with Crippen molar-refractivity contribution >= 4 is 5.97 Å². The first-order chi connectivity index (χ1) is 10.2. The highest BCUT2D eigenvalue weighted by molar-refractivity contribution is 5.81. The van der Waals surface area contributed by atoms with Crippen molar-refractivity contribution in [2.75, 3.05) is 13.7 Å². The topological polar surface area (TPSA) is 55.8 Å². The molecule has 1 rings (SSSR count). The second-order valence-corrected chi connectivity index (χ2v) is 4.85. The molecule has 1 N–H and O–H groups in total. The molecule has 1 aromatic rings. The maximum Gasteiger partial charge on any atom is 0.330 e. The van der Waals surface area contributed by atoms with Crippen LogP contribution in [0.1, 0.15) is 31.2 Å². The van der Waals surface area contributed by atoms with Gasteiger partial charge in [0, 0.05) is 12.7 Å². The van der Waals surface area contributed by atoms with E-state index in [0.29, 0.717) is 26.1 Å². The van der Waals surface area contributed by atoms with Crippen LogP contribution in [0.4, 0.5) is 0 Å². The molecule has 4 nitrogen and oxygen atoms in total. The first-order valence-electron chi connectivity index (χ1n) is 7.26. The van der Waals surface area contributed by atoms with Gasteiger partial charge in [-0.15, -0.1) is 0 Å². The molecule has 0 spiro atoms. The molecule has 0 amide bonds. The molecule has 1 unspecified atom stereocenters. The Morgan fingerprint density at radius 2 is 2.05 bits per heavy atom. The van der Waals surface area contributed by atoms with Gasteiger partial charge in [-0.25, -0.2) is 4.79 Å². The van der Waals surface area contributed by atoms with Gasteiger partial charge in [-0.05, 0) is 31.2 Å². The minimum Gasteiger partial charge on any atom is -0.466 e. The van der Waals surface area contributed by atoms with Gasteiger partial charge in [0.05, 0.1) is 19.8 Å². The minimum absolute atomic E-state index is 0.392. The molecule has 0 radical (unpaired) electrons. The first kappa shape index (κ1) is 17.4. The van der Waals surface area contributed by atoms with Crippen LogP contribution in [0.3, 0.4) is 0 Å². The van der Waals surface area contributed by atoms with Crippen LogP contribution in [0, 0.1) is 0 Å². The Hall–Kier alpha value is -1.65. The van der Waals surface area contributed by atoms with E-state index in [9.17, 15) is 9.90 Å². The van der Waals surface area contributed by atoms with Crippen molar-refractivity contribution in [3.63, 3.8) is 0 Å². The molecule has 0 aliphatic carbocycles. The van der Waals surface area contributed by atoms with E-state index in [4.69, 9.17) is 4.74 Å². The molecular formula is C17H24O4. The molecule has 0 saturated carbocycles. The second kappa shape index (κ2) is 11.1. The number of rotatable bonds is 10. The van der Waals surface area contributed by atoms with Crippen LogP contribution >= 0.6 is 0 Å². The van der Waals surface area contributed by atoms with Crippen LogP contribution in [0.5, 0.6) is 0 Å². The van der Waals surface area contributed by atoms with Crippen molar-refractivity contribution in [1.82, 2.24) is 0 Å². The number of aliphatic hydroxyl groups excluding tert-OH is 1. The van der Waals surface area contributed by atoms with Crippen LogP contribution in [0.15, 0.2) is 42.5 Å². The van der Waals surface area contributed by atoms with E-state index in [1.807, 2.05) is 30.3 Å². The molecule has 0 aromatic heterocycles. The van der Waals surface area contributed by atoms with Gasteiger partial charge < -0.3 is 14.6 Å². The fourth-order valence-electron chi connectivity index (χ4n) is 1.86. The zero-order valence-corrected chi connectivity index (χ0v) is 12.5. The lowest BCUT2D eigenvalue weighted by Gasteiger charge is -2.08. The number of carbonyl (C=O) groups excluding carboxylic acids is 1. The van der Waals surface area contributed by atoms with Gasteiger partial charge in [0.1, 0.15) is 0 Å². The van der Waals surface area contributed by atoms with Crippen molar-refractivity contribution < 1.29 is 19.4 Å². The third-order valence-electron chi connectivity index (χ3n) is 3.05. The zero-order valence-electron chi connectivity index (χ0n) is 12.5. The lowest BCUT2D eigenvalue weighted by Crippen LogP contribution is -2.06. The summed E-state index contributed by atoms with van der Waals surface area (Å²) in [6.07, 6.45) is 5.57. The summed E-state index contributed by atoms with van der Waals surface area (Å²) >= 11 is 0. The number of hydrogen-bond acceptors (Lipinski definition) is 4. The van der Waals surface area contributed by atoms with Crippen molar-refractivity contribution in [2.24, 2.45) is 0 Å². The summed E-state index contributed by atoms with van der Waals surface area (Å²) in [5, 5.41) is 9.73. The average Bonchev–Trinajstić information content (AvgIpc) is 2.51. The summed E-state index contributed by atoms with van der Waals surface area (Å²) in [5.74, 6) is -0.392. The lowest BCUT2D eigenvalue weighted by molar-refractivity contribution is -0.134. The minimum atomic E-state index is -0.417. The zero-order chi connectivity index (χ0) is 15.3. The average molecular weight is 292 g/mol. The van der Waals surface area contributed by atoms with Crippen LogP contribution in [-0.4, -0.2) is 30.9 Å². The van der Waals surface area contributed by atoms with Crippen LogP contribution in [-0.2, 0) is 20.9 Å². The van der Waals surface area contributed by atoms with Crippen molar-refractivity contribution in [3.8, 4) is 0 Å². The molecule has 116 valence electrons. The molecule has 1 aromatic carbocycles. The number of carbonyl (C=O) groups is 1. The fraction of sp³-hybridized carbons (Fsp3) is 0.471. The van der Waals surface area contributed by atoms with Crippen LogP contribution in [0.2, 0.25) is 0 Å². The summed E-state index contributed by atoms with van der Waals surface area (Å²) in [6, 6.07) is 10.1. The Morgan fingerprint density at radius 1 is 1.29 bits per heavy atom. The molecule has 1 atom stereocenters. The summed E-state index contributed by atoms with van der Waals surface area (Å²) in [5.41, 5.74) is 1.17. The van der Waals surface area contributed by atoms with E-state index in [2.05, 4.69) is 4.74 Å². The normalized spacial score (nSPS) is 12.5. The van der Waals surface area contributed by atoms with Crippen molar-refractivity contribution in [1.29, 1.82) is 0 Å². The lowest BCUT2D eigenvalue weighted by atomic mass is 10.1. The SMILES string of the molecule is COC(=O)/C=C/CC(O)CCCCOCc1ccccc1. The van der Waals surface area contributed by atoms with E-state index in [0.717, 1.165) is 12.8 Å². The van der Waals surface area contributed by atoms with Gasteiger partial charge in [-0.3, -0.25) is 0 Å². The highest BCUT2D eigenvalue weighted by atomic mass is 16.5.